The van der Waals surface area contributed by atoms with E-state index in [1.54, 1.807) is 12.1 Å². The minimum Gasteiger partial charge on any atom is -0.481 e. The molecular formula is C37H40N2O6. The molecule has 0 saturated carbocycles. The number of aliphatic hydroxyl groups is 1. The maximum Gasteiger partial charge on any atom is 0.303 e. The van der Waals surface area contributed by atoms with Crippen LogP contribution in [0.4, 0.5) is 5.69 Å². The first kappa shape index (κ1) is 32.1. The Morgan fingerprint density at radius 1 is 0.733 bits per heavy atom. The summed E-state index contributed by atoms with van der Waals surface area (Å²) in [6, 6.07) is 36.0. The van der Waals surface area contributed by atoms with E-state index in [2.05, 4.69) is 65.7 Å². The number of nitrogens with one attached hydrogen (secondary N) is 1. The van der Waals surface area contributed by atoms with Crippen molar-refractivity contribution in [3.63, 3.8) is 0 Å². The largest absolute Gasteiger partial charge is 0.481 e. The zero-order chi connectivity index (χ0) is 31.6. The van der Waals surface area contributed by atoms with Crippen LogP contribution in [0.1, 0.15) is 60.0 Å². The van der Waals surface area contributed by atoms with E-state index in [1.807, 2.05) is 48.5 Å². The van der Waals surface area contributed by atoms with Crippen LogP contribution in [0.25, 0.3) is 0 Å². The number of anilines is 1. The quantitative estimate of drug-likeness (QED) is 0.160. The Hall–Kier alpha value is -4.34. The van der Waals surface area contributed by atoms with Crippen molar-refractivity contribution in [2.75, 3.05) is 11.9 Å². The van der Waals surface area contributed by atoms with E-state index in [9.17, 15) is 14.7 Å². The molecule has 1 heterocycles. The van der Waals surface area contributed by atoms with Crippen molar-refractivity contribution >= 4 is 17.6 Å². The predicted molar refractivity (Wildman–Crippen MR) is 172 cm³/mol. The molecule has 0 radical (unpaired) electrons. The molecule has 1 fully saturated rings. The molecule has 0 bridgehead atoms. The van der Waals surface area contributed by atoms with E-state index in [0.717, 1.165) is 29.8 Å². The van der Waals surface area contributed by atoms with Gasteiger partial charge in [0.2, 0.25) is 5.91 Å². The Morgan fingerprint density at radius 2 is 1.31 bits per heavy atom. The van der Waals surface area contributed by atoms with Crippen molar-refractivity contribution in [2.45, 2.75) is 58.0 Å². The van der Waals surface area contributed by atoms with Crippen LogP contribution in [0.15, 0.2) is 109 Å². The highest BCUT2D eigenvalue weighted by atomic mass is 16.7. The van der Waals surface area contributed by atoms with Crippen LogP contribution in [0.3, 0.4) is 0 Å². The van der Waals surface area contributed by atoms with Crippen molar-refractivity contribution in [1.82, 2.24) is 4.90 Å². The van der Waals surface area contributed by atoms with Gasteiger partial charge in [0.15, 0.2) is 6.29 Å². The number of carbonyl (C=O) groups excluding carboxylic acids is 1. The first-order valence-corrected chi connectivity index (χ1v) is 15.3. The zero-order valence-corrected chi connectivity index (χ0v) is 25.4. The monoisotopic (exact) mass is 608 g/mol. The number of carboxylic acids is 1. The number of aliphatic carboxylic acids is 1. The fourth-order valence-electron chi connectivity index (χ4n) is 5.62. The maximum absolute atomic E-state index is 12.1. The molecule has 3 N–H and O–H groups in total. The van der Waals surface area contributed by atoms with E-state index in [0.29, 0.717) is 12.2 Å². The Kier molecular flexibility index (Phi) is 11.1. The van der Waals surface area contributed by atoms with E-state index in [1.165, 1.54) is 11.1 Å². The minimum absolute atomic E-state index is 0.0167. The second kappa shape index (κ2) is 15.6. The van der Waals surface area contributed by atoms with Crippen LogP contribution >= 0.6 is 0 Å². The Labute approximate surface area is 264 Å². The first-order valence-electron chi connectivity index (χ1n) is 15.3. The van der Waals surface area contributed by atoms with E-state index < -0.39 is 12.3 Å². The van der Waals surface area contributed by atoms with Crippen LogP contribution in [0.5, 0.6) is 0 Å². The topological polar surface area (TPSA) is 108 Å². The molecule has 1 amide bonds. The number of carboxylic acid groups (broad SMARTS) is 1. The molecule has 1 saturated heterocycles. The number of benzene rings is 4. The van der Waals surface area contributed by atoms with E-state index >= 15 is 0 Å². The van der Waals surface area contributed by atoms with Gasteiger partial charge >= 0.3 is 5.97 Å². The fraction of sp³-hybridized carbons (Fsp3) is 0.297. The summed E-state index contributed by atoms with van der Waals surface area (Å²) in [5, 5.41) is 21.2. The highest BCUT2D eigenvalue weighted by molar-refractivity contribution is 5.92. The summed E-state index contributed by atoms with van der Waals surface area (Å²) < 4.78 is 13.3. The summed E-state index contributed by atoms with van der Waals surface area (Å²) >= 11 is 0. The lowest BCUT2D eigenvalue weighted by atomic mass is 9.89. The van der Waals surface area contributed by atoms with Crippen molar-refractivity contribution in [3.8, 4) is 0 Å². The van der Waals surface area contributed by atoms with Gasteiger partial charge in [-0.1, -0.05) is 104 Å². The van der Waals surface area contributed by atoms with Crippen LogP contribution in [0, 0.1) is 5.92 Å². The SMILES string of the molecule is C[C@H]1[C@@H](CN(Cc2ccccc2)Cc2ccccc2)O[C@@H](c2ccc(NC(=O)CCC(=O)O)cc2)O[C@H]1c1ccc(CO)cc1. The molecule has 8 heteroatoms. The second-order valence-corrected chi connectivity index (χ2v) is 11.5. The molecule has 1 aliphatic rings. The van der Waals surface area contributed by atoms with Gasteiger partial charge < -0.3 is 25.0 Å². The molecule has 0 aromatic heterocycles. The first-order chi connectivity index (χ1) is 21.9. The standard InChI is InChI=1S/C37H40N2O6/c1-26-33(24-39(22-27-8-4-2-5-9-27)23-28-10-6-3-7-11-28)44-37(45-36(26)30-14-12-29(25-40)13-15-30)31-16-18-32(19-17-31)38-34(41)20-21-35(42)43/h2-19,26,33,36-37,40H,20-25H2,1H3,(H,38,41)(H,42,43)/t26-,33+,36+,37+/m0/s1. The summed E-state index contributed by atoms with van der Waals surface area (Å²) in [5.74, 6) is -1.35. The molecule has 4 aromatic rings. The molecular weight excluding hydrogens is 568 g/mol. The average molecular weight is 609 g/mol. The van der Waals surface area contributed by atoms with Crippen molar-refractivity contribution in [2.24, 2.45) is 5.92 Å². The second-order valence-electron chi connectivity index (χ2n) is 11.5. The molecule has 234 valence electrons. The number of aliphatic hydroxyl groups excluding tert-OH is 1. The lowest BCUT2D eigenvalue weighted by Crippen LogP contribution is -2.44. The molecule has 8 nitrogen and oxygen atoms in total. The average Bonchev–Trinajstić information content (AvgIpc) is 3.06. The van der Waals surface area contributed by atoms with Crippen LogP contribution in [-0.2, 0) is 38.8 Å². The van der Waals surface area contributed by atoms with Crippen LogP contribution < -0.4 is 5.32 Å². The van der Waals surface area contributed by atoms with Crippen molar-refractivity contribution in [3.05, 3.63) is 137 Å². The number of hydrogen-bond donors (Lipinski definition) is 3. The number of carbonyl (C=O) groups is 2. The van der Waals surface area contributed by atoms with Gasteiger partial charge in [-0.3, -0.25) is 14.5 Å². The van der Waals surface area contributed by atoms with Crippen LogP contribution in [-0.4, -0.2) is 39.6 Å². The third kappa shape index (κ3) is 9.09. The molecule has 0 aliphatic carbocycles. The van der Waals surface area contributed by atoms with Gasteiger partial charge in [-0.2, -0.15) is 0 Å². The Balaban J connectivity index is 1.39. The number of amides is 1. The smallest absolute Gasteiger partial charge is 0.303 e. The highest BCUT2D eigenvalue weighted by Gasteiger charge is 2.39. The molecule has 0 spiro atoms. The number of nitrogens with zero attached hydrogens (tertiary/aromatic N) is 1. The summed E-state index contributed by atoms with van der Waals surface area (Å²) in [6.45, 7) is 4.33. The van der Waals surface area contributed by atoms with E-state index in [-0.39, 0.29) is 43.5 Å². The summed E-state index contributed by atoms with van der Waals surface area (Å²) in [4.78, 5) is 25.4. The number of ether oxygens (including phenoxy) is 2. The zero-order valence-electron chi connectivity index (χ0n) is 25.4. The molecule has 0 unspecified atom stereocenters. The molecule has 4 atom stereocenters. The fourth-order valence-corrected chi connectivity index (χ4v) is 5.62. The van der Waals surface area contributed by atoms with Gasteiger partial charge in [-0.05, 0) is 34.4 Å². The van der Waals surface area contributed by atoms with Gasteiger partial charge in [0.1, 0.15) is 0 Å². The summed E-state index contributed by atoms with van der Waals surface area (Å²) in [7, 11) is 0. The molecule has 4 aromatic carbocycles. The normalized spacial score (nSPS) is 19.7. The number of rotatable bonds is 13. The van der Waals surface area contributed by atoms with Gasteiger partial charge in [-0.25, -0.2) is 0 Å². The van der Waals surface area contributed by atoms with Crippen molar-refractivity contribution < 1.29 is 29.3 Å². The Morgan fingerprint density at radius 3 is 1.87 bits per heavy atom. The lowest BCUT2D eigenvalue weighted by molar-refractivity contribution is -0.276. The molecule has 1 aliphatic heterocycles. The van der Waals surface area contributed by atoms with E-state index in [4.69, 9.17) is 14.6 Å². The van der Waals surface area contributed by atoms with Gasteiger partial charge in [0.25, 0.3) is 0 Å². The summed E-state index contributed by atoms with van der Waals surface area (Å²) in [5.41, 5.74) is 5.68. The predicted octanol–water partition coefficient (Wildman–Crippen LogP) is 6.48. The summed E-state index contributed by atoms with van der Waals surface area (Å²) in [6.07, 6.45) is -1.40. The van der Waals surface area contributed by atoms with Crippen LogP contribution in [0.2, 0.25) is 0 Å². The van der Waals surface area contributed by atoms with Gasteiger partial charge in [0, 0.05) is 43.2 Å². The minimum atomic E-state index is -1.01. The third-order valence-corrected chi connectivity index (χ3v) is 8.09. The highest BCUT2D eigenvalue weighted by Crippen LogP contribution is 2.42. The van der Waals surface area contributed by atoms with Crippen molar-refractivity contribution in [1.29, 1.82) is 0 Å². The Bertz CT molecular complexity index is 1470. The molecule has 5 rings (SSSR count). The third-order valence-electron chi connectivity index (χ3n) is 8.09. The number of hydrogen-bond acceptors (Lipinski definition) is 6. The van der Waals surface area contributed by atoms with Gasteiger partial charge in [0.05, 0.1) is 25.2 Å². The lowest BCUT2D eigenvalue weighted by Gasteiger charge is -2.43. The van der Waals surface area contributed by atoms with Gasteiger partial charge in [-0.15, -0.1) is 0 Å². The molecule has 45 heavy (non-hydrogen) atoms. The maximum atomic E-state index is 12.1.